The summed E-state index contributed by atoms with van der Waals surface area (Å²) in [5.74, 6) is 2.16. The average Bonchev–Trinajstić information content (AvgIpc) is 2.58. The molecule has 0 aliphatic carbocycles. The maximum absolute atomic E-state index is 11.1. The number of carboxylic acid groups (broad SMARTS) is 1. The minimum atomic E-state index is -0.705. The van der Waals surface area contributed by atoms with Crippen molar-refractivity contribution < 1.29 is 9.90 Å². The van der Waals surface area contributed by atoms with E-state index in [4.69, 9.17) is 5.11 Å². The van der Waals surface area contributed by atoms with Gasteiger partial charge >= 0.3 is 5.97 Å². The van der Waals surface area contributed by atoms with E-state index < -0.39 is 5.97 Å². The number of carbonyl (C=O) groups is 1. The third kappa shape index (κ3) is 7.62. The molecule has 0 bridgehead atoms. The zero-order valence-electron chi connectivity index (χ0n) is 13.1. The van der Waals surface area contributed by atoms with Gasteiger partial charge in [-0.25, -0.2) is 0 Å². The number of thioether (sulfide) groups is 2. The van der Waals surface area contributed by atoms with Crippen LogP contribution in [0.3, 0.4) is 0 Å². The molecular weight excluding hydrogens is 324 g/mol. The van der Waals surface area contributed by atoms with Crippen molar-refractivity contribution in [1.29, 1.82) is 0 Å². The van der Waals surface area contributed by atoms with Gasteiger partial charge in [0.15, 0.2) is 0 Å². The smallest absolute Gasteiger partial charge is 0.304 e. The quantitative estimate of drug-likeness (QED) is 0.608. The predicted octanol–water partition coefficient (Wildman–Crippen LogP) is 5.09. The summed E-state index contributed by atoms with van der Waals surface area (Å²) in [6, 6.07) is 20.6. The number of benzene rings is 2. The number of carboxylic acids is 1. The molecule has 2 aromatic rings. The lowest BCUT2D eigenvalue weighted by atomic mass is 10.2. The van der Waals surface area contributed by atoms with Crippen LogP contribution in [-0.4, -0.2) is 22.1 Å². The molecule has 23 heavy (non-hydrogen) atoms. The fourth-order valence-electron chi connectivity index (χ4n) is 2.21. The van der Waals surface area contributed by atoms with Crippen LogP contribution in [0.5, 0.6) is 0 Å². The molecule has 4 heteroatoms. The molecule has 0 saturated carbocycles. The van der Waals surface area contributed by atoms with Crippen LogP contribution in [0.4, 0.5) is 0 Å². The maximum atomic E-state index is 11.1. The van der Waals surface area contributed by atoms with Gasteiger partial charge in [-0.3, -0.25) is 4.79 Å². The third-order valence-electron chi connectivity index (χ3n) is 3.43. The standard InChI is InChI=1S/C19H22O2S2/c20-19(21)13-18(23-15-17-9-5-2-6-10-17)11-12-22-14-16-7-3-1-4-8-16/h1-10,18H,11-15H2,(H,20,21). The largest absolute Gasteiger partial charge is 0.481 e. The SMILES string of the molecule is O=C(O)CC(CCSCc1ccccc1)SCc1ccccc1. The van der Waals surface area contributed by atoms with Crippen LogP contribution in [0, 0.1) is 0 Å². The van der Waals surface area contributed by atoms with Crippen LogP contribution < -0.4 is 0 Å². The Morgan fingerprint density at radius 2 is 1.48 bits per heavy atom. The molecule has 0 amide bonds. The molecule has 1 N–H and O–H groups in total. The second kappa shape index (κ2) is 10.4. The first kappa shape index (κ1) is 18.0. The highest BCUT2D eigenvalue weighted by atomic mass is 32.2. The first-order valence-corrected chi connectivity index (χ1v) is 9.93. The second-order valence-corrected chi connectivity index (χ2v) is 7.74. The molecule has 0 radical (unpaired) electrons. The molecule has 2 rings (SSSR count). The van der Waals surface area contributed by atoms with E-state index in [9.17, 15) is 4.79 Å². The molecule has 2 aromatic carbocycles. The highest BCUT2D eigenvalue weighted by molar-refractivity contribution is 7.99. The molecule has 1 unspecified atom stereocenters. The van der Waals surface area contributed by atoms with Gasteiger partial charge in [-0.1, -0.05) is 60.7 Å². The van der Waals surface area contributed by atoms with Gasteiger partial charge in [0, 0.05) is 16.8 Å². The molecule has 0 spiro atoms. The Bertz CT molecular complexity index is 572. The third-order valence-corrected chi connectivity index (χ3v) is 5.86. The average molecular weight is 347 g/mol. The topological polar surface area (TPSA) is 37.3 Å². The van der Waals surface area contributed by atoms with Crippen molar-refractivity contribution in [3.05, 3.63) is 71.8 Å². The van der Waals surface area contributed by atoms with Crippen LogP contribution in [0.2, 0.25) is 0 Å². The van der Waals surface area contributed by atoms with Crippen molar-refractivity contribution in [2.24, 2.45) is 0 Å². The highest BCUT2D eigenvalue weighted by Crippen LogP contribution is 2.25. The van der Waals surface area contributed by atoms with Crippen LogP contribution in [0.15, 0.2) is 60.7 Å². The zero-order chi connectivity index (χ0) is 16.3. The van der Waals surface area contributed by atoms with Gasteiger partial charge in [0.1, 0.15) is 0 Å². The molecule has 0 aromatic heterocycles. The van der Waals surface area contributed by atoms with E-state index >= 15 is 0 Å². The van der Waals surface area contributed by atoms with Gasteiger partial charge in [-0.05, 0) is 23.3 Å². The number of hydrogen-bond acceptors (Lipinski definition) is 3. The van der Waals surface area contributed by atoms with E-state index in [2.05, 4.69) is 36.4 Å². The highest BCUT2D eigenvalue weighted by Gasteiger charge is 2.14. The normalized spacial score (nSPS) is 12.0. The minimum absolute atomic E-state index is 0.177. The Morgan fingerprint density at radius 3 is 2.04 bits per heavy atom. The summed E-state index contributed by atoms with van der Waals surface area (Å²) in [5, 5.41) is 9.27. The summed E-state index contributed by atoms with van der Waals surface area (Å²) in [5.41, 5.74) is 2.58. The molecule has 0 aliphatic rings. The Hall–Kier alpha value is -1.39. The van der Waals surface area contributed by atoms with Crippen molar-refractivity contribution in [2.45, 2.75) is 29.6 Å². The lowest BCUT2D eigenvalue weighted by Gasteiger charge is -2.14. The van der Waals surface area contributed by atoms with Gasteiger partial charge < -0.3 is 5.11 Å². The monoisotopic (exact) mass is 346 g/mol. The van der Waals surface area contributed by atoms with Gasteiger partial charge in [-0.2, -0.15) is 23.5 Å². The minimum Gasteiger partial charge on any atom is -0.481 e. The van der Waals surface area contributed by atoms with E-state index in [0.29, 0.717) is 0 Å². The zero-order valence-corrected chi connectivity index (χ0v) is 14.7. The van der Waals surface area contributed by atoms with E-state index in [0.717, 1.165) is 23.7 Å². The van der Waals surface area contributed by atoms with Crippen molar-refractivity contribution in [3.8, 4) is 0 Å². The van der Waals surface area contributed by atoms with E-state index in [-0.39, 0.29) is 11.7 Å². The van der Waals surface area contributed by atoms with Gasteiger partial charge in [0.25, 0.3) is 0 Å². The van der Waals surface area contributed by atoms with Crippen LogP contribution in [-0.2, 0) is 16.3 Å². The van der Waals surface area contributed by atoms with Gasteiger partial charge in [0.2, 0.25) is 0 Å². The second-order valence-electron chi connectivity index (χ2n) is 5.34. The van der Waals surface area contributed by atoms with Crippen molar-refractivity contribution in [3.63, 3.8) is 0 Å². The number of rotatable bonds is 10. The summed E-state index contributed by atoms with van der Waals surface area (Å²) in [4.78, 5) is 11.1. The van der Waals surface area contributed by atoms with E-state index in [1.807, 2.05) is 36.0 Å². The number of hydrogen-bond donors (Lipinski definition) is 1. The molecule has 1 atom stereocenters. The van der Waals surface area contributed by atoms with Crippen molar-refractivity contribution >= 4 is 29.5 Å². The summed E-state index contributed by atoms with van der Waals surface area (Å²) in [6.45, 7) is 0. The van der Waals surface area contributed by atoms with Crippen molar-refractivity contribution in [1.82, 2.24) is 0 Å². The van der Waals surface area contributed by atoms with Gasteiger partial charge in [0.05, 0.1) is 6.42 Å². The summed E-state index contributed by atoms with van der Waals surface area (Å²) >= 11 is 3.63. The van der Waals surface area contributed by atoms with Crippen LogP contribution in [0.1, 0.15) is 24.0 Å². The van der Waals surface area contributed by atoms with E-state index in [1.165, 1.54) is 11.1 Å². The first-order chi connectivity index (χ1) is 11.2. The number of aliphatic carboxylic acids is 1. The summed E-state index contributed by atoms with van der Waals surface area (Å²) in [7, 11) is 0. The molecule has 0 heterocycles. The molecule has 0 aliphatic heterocycles. The molecule has 2 nitrogen and oxygen atoms in total. The first-order valence-electron chi connectivity index (χ1n) is 7.73. The summed E-state index contributed by atoms with van der Waals surface area (Å²) in [6.07, 6.45) is 1.17. The maximum Gasteiger partial charge on any atom is 0.304 e. The molecule has 122 valence electrons. The van der Waals surface area contributed by atoms with Crippen molar-refractivity contribution in [2.75, 3.05) is 5.75 Å². The predicted molar refractivity (Wildman–Crippen MR) is 101 cm³/mol. The van der Waals surface area contributed by atoms with E-state index in [1.54, 1.807) is 11.8 Å². The lowest BCUT2D eigenvalue weighted by Crippen LogP contribution is -2.11. The Balaban J connectivity index is 1.73. The molecule has 0 fully saturated rings. The molecular formula is C19H22O2S2. The van der Waals surface area contributed by atoms with Gasteiger partial charge in [-0.15, -0.1) is 0 Å². The fraction of sp³-hybridized carbons (Fsp3) is 0.316. The molecule has 0 saturated heterocycles. The lowest BCUT2D eigenvalue weighted by molar-refractivity contribution is -0.136. The Labute approximate surface area is 146 Å². The van der Waals surface area contributed by atoms with Crippen LogP contribution in [0.25, 0.3) is 0 Å². The van der Waals surface area contributed by atoms with Crippen LogP contribution >= 0.6 is 23.5 Å². The fourth-order valence-corrected chi connectivity index (χ4v) is 4.54. The summed E-state index contributed by atoms with van der Waals surface area (Å²) < 4.78 is 0. The Kier molecular flexibility index (Phi) is 8.12. The Morgan fingerprint density at radius 1 is 0.913 bits per heavy atom.